The van der Waals surface area contributed by atoms with Crippen LogP contribution in [0.5, 0.6) is 0 Å². The van der Waals surface area contributed by atoms with Crippen LogP contribution in [0.1, 0.15) is 12.8 Å². The maximum Gasteiger partial charge on any atom is 0.501 e. The highest BCUT2D eigenvalue weighted by molar-refractivity contribution is 7.92. The van der Waals surface area contributed by atoms with Crippen LogP contribution in [-0.4, -0.2) is 32.9 Å². The highest BCUT2D eigenvalue weighted by Gasteiger charge is 2.46. The first kappa shape index (κ1) is 16.4. The molecule has 0 spiro atoms. The van der Waals surface area contributed by atoms with Gasteiger partial charge in [-0.2, -0.15) is 13.2 Å². The number of hydrogen-bond donors (Lipinski definition) is 0. The van der Waals surface area contributed by atoms with E-state index >= 15 is 0 Å². The zero-order valence-electron chi connectivity index (χ0n) is 11.3. The number of anilines is 1. The van der Waals surface area contributed by atoms with E-state index in [4.69, 9.17) is 11.6 Å². The van der Waals surface area contributed by atoms with Crippen molar-refractivity contribution in [2.24, 2.45) is 5.92 Å². The molecule has 0 heterocycles. The monoisotopic (exact) mass is 341 g/mol. The van der Waals surface area contributed by atoms with E-state index in [1.54, 1.807) is 0 Å². The third kappa shape index (κ3) is 3.45. The Bertz CT molecular complexity index is 595. The summed E-state index contributed by atoms with van der Waals surface area (Å²) >= 11 is 5.90. The number of sulfone groups is 1. The molecule has 1 aliphatic carbocycles. The highest BCUT2D eigenvalue weighted by Crippen LogP contribution is 2.34. The van der Waals surface area contributed by atoms with E-state index in [2.05, 4.69) is 0 Å². The van der Waals surface area contributed by atoms with Crippen molar-refractivity contribution in [2.75, 3.05) is 18.5 Å². The maximum absolute atomic E-state index is 12.4. The van der Waals surface area contributed by atoms with E-state index in [0.29, 0.717) is 11.6 Å². The Labute approximate surface area is 126 Å². The van der Waals surface area contributed by atoms with Crippen LogP contribution in [0.3, 0.4) is 0 Å². The number of nitrogens with zero attached hydrogens (tertiary/aromatic N) is 1. The smallest absolute Gasteiger partial charge is 0.374 e. The lowest BCUT2D eigenvalue weighted by molar-refractivity contribution is -0.0436. The molecule has 0 saturated heterocycles. The third-order valence-electron chi connectivity index (χ3n) is 3.60. The molecule has 3 nitrogen and oxygen atoms in total. The Morgan fingerprint density at radius 3 is 2.19 bits per heavy atom. The molecule has 0 aromatic heterocycles. The number of benzene rings is 1. The minimum absolute atomic E-state index is 0.211. The van der Waals surface area contributed by atoms with Gasteiger partial charge in [-0.3, -0.25) is 0 Å². The summed E-state index contributed by atoms with van der Waals surface area (Å²) in [6, 6.07) is 4.74. The first-order valence-corrected chi connectivity index (χ1v) is 8.30. The van der Waals surface area contributed by atoms with Gasteiger partial charge in [-0.25, -0.2) is 8.42 Å². The number of alkyl halides is 4. The summed E-state index contributed by atoms with van der Waals surface area (Å²) in [6.07, 6.45) is 1.85. The van der Waals surface area contributed by atoms with Crippen LogP contribution in [0.2, 0.25) is 0 Å². The third-order valence-corrected chi connectivity index (χ3v) is 5.46. The Morgan fingerprint density at radius 2 is 1.76 bits per heavy atom. The quantitative estimate of drug-likeness (QED) is 0.787. The van der Waals surface area contributed by atoms with Gasteiger partial charge in [0.15, 0.2) is 0 Å². The molecule has 1 aliphatic rings. The molecule has 0 radical (unpaired) electrons. The van der Waals surface area contributed by atoms with Crippen LogP contribution in [0.4, 0.5) is 18.9 Å². The van der Waals surface area contributed by atoms with Crippen molar-refractivity contribution >= 4 is 27.1 Å². The Morgan fingerprint density at radius 1 is 1.24 bits per heavy atom. The molecule has 0 bridgehead atoms. The maximum atomic E-state index is 12.4. The van der Waals surface area contributed by atoms with Crippen LogP contribution < -0.4 is 4.90 Å². The van der Waals surface area contributed by atoms with E-state index in [9.17, 15) is 21.6 Å². The molecule has 1 aromatic rings. The second-order valence-electron chi connectivity index (χ2n) is 5.26. The van der Waals surface area contributed by atoms with E-state index in [1.807, 2.05) is 11.9 Å². The fraction of sp³-hybridized carbons (Fsp3) is 0.538. The lowest BCUT2D eigenvalue weighted by atomic mass is 9.84. The molecule has 1 fully saturated rings. The molecule has 1 aromatic carbocycles. The first-order valence-electron chi connectivity index (χ1n) is 6.38. The highest BCUT2D eigenvalue weighted by atomic mass is 35.5. The van der Waals surface area contributed by atoms with Crippen molar-refractivity contribution in [1.29, 1.82) is 0 Å². The standard InChI is InChI=1S/C13H15ClF3NO2S/c1-18(8-9-6-10(14)7-9)11-2-4-12(5-3-11)21(19,20)13(15,16)17/h2-5,9-10H,6-8H2,1H3. The molecular formula is C13H15ClF3NO2S. The van der Waals surface area contributed by atoms with Gasteiger partial charge >= 0.3 is 5.51 Å². The SMILES string of the molecule is CN(CC1CC(Cl)C1)c1ccc(S(=O)(=O)C(F)(F)F)cc1. The van der Waals surface area contributed by atoms with Crippen molar-refractivity contribution in [3.63, 3.8) is 0 Å². The molecule has 0 N–H and O–H groups in total. The second-order valence-corrected chi connectivity index (χ2v) is 7.82. The van der Waals surface area contributed by atoms with E-state index in [1.165, 1.54) is 12.1 Å². The van der Waals surface area contributed by atoms with Crippen molar-refractivity contribution in [3.8, 4) is 0 Å². The molecular weight excluding hydrogens is 327 g/mol. The van der Waals surface area contributed by atoms with Gasteiger partial charge in [-0.15, -0.1) is 11.6 Å². The van der Waals surface area contributed by atoms with Gasteiger partial charge in [0.05, 0.1) is 4.90 Å². The lowest BCUT2D eigenvalue weighted by Gasteiger charge is -2.35. The molecule has 0 amide bonds. The van der Waals surface area contributed by atoms with Gasteiger partial charge in [0.1, 0.15) is 0 Å². The van der Waals surface area contributed by atoms with E-state index in [-0.39, 0.29) is 5.38 Å². The van der Waals surface area contributed by atoms with Crippen molar-refractivity contribution < 1.29 is 21.6 Å². The predicted molar refractivity (Wildman–Crippen MR) is 75.3 cm³/mol. The van der Waals surface area contributed by atoms with Gasteiger partial charge in [-0.1, -0.05) is 0 Å². The van der Waals surface area contributed by atoms with Crippen molar-refractivity contribution in [3.05, 3.63) is 24.3 Å². The van der Waals surface area contributed by atoms with Crippen LogP contribution in [0, 0.1) is 5.92 Å². The minimum atomic E-state index is -5.28. The zero-order chi connectivity index (χ0) is 15.8. The summed E-state index contributed by atoms with van der Waals surface area (Å²) in [5, 5.41) is 0.211. The lowest BCUT2D eigenvalue weighted by Crippen LogP contribution is -2.34. The average Bonchev–Trinajstić information content (AvgIpc) is 2.35. The number of halogens is 4. The van der Waals surface area contributed by atoms with Gasteiger partial charge < -0.3 is 4.90 Å². The first-order chi connectivity index (χ1) is 9.61. The van der Waals surface area contributed by atoms with Crippen molar-refractivity contribution in [1.82, 2.24) is 0 Å². The van der Waals surface area contributed by atoms with Crippen molar-refractivity contribution in [2.45, 2.75) is 28.6 Å². The fourth-order valence-corrected chi connectivity index (χ4v) is 3.58. The second kappa shape index (κ2) is 5.68. The zero-order valence-corrected chi connectivity index (χ0v) is 12.8. The summed E-state index contributed by atoms with van der Waals surface area (Å²) in [4.78, 5) is 1.15. The summed E-state index contributed by atoms with van der Waals surface area (Å²) in [5.41, 5.74) is -4.60. The largest absolute Gasteiger partial charge is 0.501 e. The van der Waals surface area contributed by atoms with E-state index in [0.717, 1.165) is 31.5 Å². The Hall–Kier alpha value is -0.950. The van der Waals surface area contributed by atoms with Crippen LogP contribution in [-0.2, 0) is 9.84 Å². The minimum Gasteiger partial charge on any atom is -0.374 e. The molecule has 118 valence electrons. The topological polar surface area (TPSA) is 37.4 Å². The fourth-order valence-electron chi connectivity index (χ4n) is 2.31. The molecule has 21 heavy (non-hydrogen) atoms. The number of hydrogen-bond acceptors (Lipinski definition) is 3. The number of rotatable bonds is 4. The molecule has 0 unspecified atom stereocenters. The summed E-state index contributed by atoms with van der Waals surface area (Å²) in [6.45, 7) is 0.745. The van der Waals surface area contributed by atoms with E-state index < -0.39 is 20.2 Å². The van der Waals surface area contributed by atoms with Gasteiger partial charge in [0.25, 0.3) is 9.84 Å². The molecule has 0 aliphatic heterocycles. The van der Waals surface area contributed by atoms with Crippen LogP contribution in [0.25, 0.3) is 0 Å². The van der Waals surface area contributed by atoms with Gasteiger partial charge in [0.2, 0.25) is 0 Å². The summed E-state index contributed by atoms with van der Waals surface area (Å²) in [5.74, 6) is 0.469. The molecule has 2 rings (SSSR count). The molecule has 1 saturated carbocycles. The Kier molecular flexibility index (Phi) is 4.44. The molecule has 8 heteroatoms. The predicted octanol–water partition coefficient (Wildman–Crippen LogP) is 3.43. The normalized spacial score (nSPS) is 22.7. The molecule has 0 atom stereocenters. The average molecular weight is 342 g/mol. The van der Waals surface area contributed by atoms with Gasteiger partial charge in [-0.05, 0) is 43.0 Å². The summed E-state index contributed by atoms with van der Waals surface area (Å²) < 4.78 is 59.8. The summed E-state index contributed by atoms with van der Waals surface area (Å²) in [7, 11) is -3.46. The van der Waals surface area contributed by atoms with Crippen LogP contribution in [0.15, 0.2) is 29.2 Å². The van der Waals surface area contributed by atoms with Crippen LogP contribution >= 0.6 is 11.6 Å². The van der Waals surface area contributed by atoms with Gasteiger partial charge in [0, 0.05) is 24.7 Å². The Balaban J connectivity index is 2.08.